The lowest BCUT2D eigenvalue weighted by Gasteiger charge is -2.14. The van der Waals surface area contributed by atoms with Gasteiger partial charge in [0.15, 0.2) is 11.5 Å². The Morgan fingerprint density at radius 1 is 0.905 bits per heavy atom. The molecule has 2 aromatic rings. The van der Waals surface area contributed by atoms with Crippen LogP contribution in [0.25, 0.3) is 0 Å². The van der Waals surface area contributed by atoms with Crippen LogP contribution in [-0.2, 0) is 0 Å². The van der Waals surface area contributed by atoms with Crippen LogP contribution in [0.3, 0.4) is 0 Å². The Kier molecular flexibility index (Phi) is 4.65. The molecule has 7 nitrogen and oxygen atoms in total. The first-order valence-corrected chi connectivity index (χ1v) is 6.16. The molecule has 0 radical (unpaired) electrons. The number of nitrogens with one attached hydrogen (secondary N) is 1. The fourth-order valence-electron chi connectivity index (χ4n) is 1.80. The molecule has 0 amide bonds. The Balaban J connectivity index is 2.35. The second-order valence-corrected chi connectivity index (χ2v) is 3.96. The smallest absolute Gasteiger partial charge is 0.230 e. The topological polar surface area (TPSA) is 74.7 Å². The van der Waals surface area contributed by atoms with E-state index < -0.39 is 0 Å². The van der Waals surface area contributed by atoms with Gasteiger partial charge in [-0.1, -0.05) is 0 Å². The quantitative estimate of drug-likeness (QED) is 0.874. The summed E-state index contributed by atoms with van der Waals surface area (Å²) in [5.74, 6) is 2.49. The number of anilines is 2. The third kappa shape index (κ3) is 3.25. The van der Waals surface area contributed by atoms with Gasteiger partial charge in [-0.15, -0.1) is 0 Å². The summed E-state index contributed by atoms with van der Waals surface area (Å²) < 4.78 is 20.9. The van der Waals surface area contributed by atoms with Crippen molar-refractivity contribution < 1.29 is 18.9 Å². The Morgan fingerprint density at radius 3 is 2.10 bits per heavy atom. The van der Waals surface area contributed by atoms with E-state index in [9.17, 15) is 0 Å². The number of hydrogen-bond acceptors (Lipinski definition) is 7. The van der Waals surface area contributed by atoms with Gasteiger partial charge in [0, 0.05) is 30.1 Å². The highest BCUT2D eigenvalue weighted by atomic mass is 16.5. The van der Waals surface area contributed by atoms with Gasteiger partial charge >= 0.3 is 0 Å². The average Bonchev–Trinajstić information content (AvgIpc) is 2.53. The Labute approximate surface area is 122 Å². The summed E-state index contributed by atoms with van der Waals surface area (Å²) in [7, 11) is 6.22. The number of nitrogens with zero attached hydrogens (tertiary/aromatic N) is 2. The van der Waals surface area contributed by atoms with E-state index in [2.05, 4.69) is 15.3 Å². The molecule has 2 rings (SSSR count). The first-order valence-electron chi connectivity index (χ1n) is 6.16. The maximum atomic E-state index is 5.29. The summed E-state index contributed by atoms with van der Waals surface area (Å²) in [6.45, 7) is 0. The third-order valence-electron chi connectivity index (χ3n) is 2.76. The molecule has 0 spiro atoms. The van der Waals surface area contributed by atoms with Crippen LogP contribution in [0.2, 0.25) is 0 Å². The van der Waals surface area contributed by atoms with E-state index in [0.717, 1.165) is 0 Å². The van der Waals surface area contributed by atoms with Crippen LogP contribution in [-0.4, -0.2) is 38.4 Å². The molecule has 0 aliphatic rings. The van der Waals surface area contributed by atoms with Gasteiger partial charge in [0.1, 0.15) is 0 Å². The lowest BCUT2D eigenvalue weighted by atomic mass is 10.2. The van der Waals surface area contributed by atoms with Crippen molar-refractivity contribution >= 4 is 11.6 Å². The lowest BCUT2D eigenvalue weighted by Crippen LogP contribution is -2.00. The van der Waals surface area contributed by atoms with Gasteiger partial charge in [0.05, 0.1) is 28.4 Å². The zero-order chi connectivity index (χ0) is 15.2. The van der Waals surface area contributed by atoms with Crippen molar-refractivity contribution in [1.82, 2.24) is 9.97 Å². The van der Waals surface area contributed by atoms with Crippen molar-refractivity contribution in [3.8, 4) is 23.1 Å². The van der Waals surface area contributed by atoms with Crippen molar-refractivity contribution in [2.75, 3.05) is 33.8 Å². The molecule has 0 fully saturated rings. The highest BCUT2D eigenvalue weighted by Gasteiger charge is 2.13. The fraction of sp³-hybridized carbons (Fsp3) is 0.286. The predicted octanol–water partition coefficient (Wildman–Crippen LogP) is 2.25. The molecule has 0 aliphatic heterocycles. The van der Waals surface area contributed by atoms with Crippen molar-refractivity contribution in [2.45, 2.75) is 0 Å². The van der Waals surface area contributed by atoms with E-state index >= 15 is 0 Å². The summed E-state index contributed by atoms with van der Waals surface area (Å²) in [6.07, 6.45) is 1.60. The normalized spacial score (nSPS) is 9.90. The Bertz CT molecular complexity index is 594. The van der Waals surface area contributed by atoms with Crippen LogP contribution in [0.1, 0.15) is 0 Å². The van der Waals surface area contributed by atoms with Gasteiger partial charge in [0.2, 0.25) is 17.6 Å². The van der Waals surface area contributed by atoms with E-state index in [1.54, 1.807) is 52.8 Å². The monoisotopic (exact) mass is 291 g/mol. The van der Waals surface area contributed by atoms with E-state index in [1.165, 1.54) is 0 Å². The second-order valence-electron chi connectivity index (χ2n) is 3.96. The number of ether oxygens (including phenoxy) is 4. The number of aromatic nitrogens is 2. The van der Waals surface area contributed by atoms with Crippen LogP contribution < -0.4 is 24.3 Å². The number of hydrogen-bond donors (Lipinski definition) is 1. The van der Waals surface area contributed by atoms with Gasteiger partial charge in [-0.2, -0.15) is 4.98 Å². The zero-order valence-corrected chi connectivity index (χ0v) is 12.3. The van der Waals surface area contributed by atoms with Crippen molar-refractivity contribution in [1.29, 1.82) is 0 Å². The van der Waals surface area contributed by atoms with Crippen LogP contribution in [0.4, 0.5) is 11.6 Å². The largest absolute Gasteiger partial charge is 0.493 e. The number of benzene rings is 1. The third-order valence-corrected chi connectivity index (χ3v) is 2.76. The summed E-state index contributed by atoms with van der Waals surface area (Å²) in [5, 5.41) is 3.06. The highest BCUT2D eigenvalue weighted by Crippen LogP contribution is 2.40. The van der Waals surface area contributed by atoms with Crippen LogP contribution in [0.15, 0.2) is 24.4 Å². The minimum absolute atomic E-state index is 0.406. The molecule has 1 N–H and O–H groups in total. The molecule has 21 heavy (non-hydrogen) atoms. The predicted molar refractivity (Wildman–Crippen MR) is 78.0 cm³/mol. The summed E-state index contributed by atoms with van der Waals surface area (Å²) in [6, 6.07) is 5.20. The van der Waals surface area contributed by atoms with Gasteiger partial charge < -0.3 is 24.3 Å². The highest BCUT2D eigenvalue weighted by molar-refractivity contribution is 5.65. The standard InChI is InChI=1S/C14H17N3O4/c1-18-10-7-9(8-11(19-2)13(10)21-4)16-14-15-6-5-12(17-14)20-3/h5-8H,1-4H3,(H,15,16,17). The lowest BCUT2D eigenvalue weighted by molar-refractivity contribution is 0.324. The molecule has 0 saturated heterocycles. The molecule has 0 unspecified atom stereocenters. The van der Waals surface area contributed by atoms with E-state index in [0.29, 0.717) is 34.8 Å². The SMILES string of the molecule is COc1ccnc(Nc2cc(OC)c(OC)c(OC)c2)n1. The van der Waals surface area contributed by atoms with Crippen molar-refractivity contribution in [3.63, 3.8) is 0 Å². The summed E-state index contributed by atoms with van der Waals surface area (Å²) in [4.78, 5) is 8.30. The van der Waals surface area contributed by atoms with Crippen LogP contribution in [0.5, 0.6) is 23.1 Å². The van der Waals surface area contributed by atoms with Crippen LogP contribution >= 0.6 is 0 Å². The van der Waals surface area contributed by atoms with Crippen molar-refractivity contribution in [3.05, 3.63) is 24.4 Å². The van der Waals surface area contributed by atoms with Crippen LogP contribution in [0, 0.1) is 0 Å². The Hall–Kier alpha value is -2.70. The van der Waals surface area contributed by atoms with E-state index in [4.69, 9.17) is 18.9 Å². The van der Waals surface area contributed by atoms with Gasteiger partial charge in [-0.25, -0.2) is 4.98 Å². The van der Waals surface area contributed by atoms with Gasteiger partial charge in [-0.05, 0) is 0 Å². The number of rotatable bonds is 6. The second kappa shape index (κ2) is 6.65. The van der Waals surface area contributed by atoms with E-state index in [1.807, 2.05) is 0 Å². The molecule has 7 heteroatoms. The molecular weight excluding hydrogens is 274 g/mol. The molecule has 1 aromatic carbocycles. The zero-order valence-electron chi connectivity index (χ0n) is 12.3. The fourth-order valence-corrected chi connectivity index (χ4v) is 1.80. The summed E-state index contributed by atoms with van der Waals surface area (Å²) >= 11 is 0. The first-order chi connectivity index (χ1) is 10.2. The molecule has 1 heterocycles. The first kappa shape index (κ1) is 14.7. The molecular formula is C14H17N3O4. The molecule has 112 valence electrons. The molecule has 0 aliphatic carbocycles. The molecule has 0 saturated carbocycles. The van der Waals surface area contributed by atoms with E-state index in [-0.39, 0.29) is 0 Å². The molecule has 0 atom stereocenters. The van der Waals surface area contributed by atoms with Gasteiger partial charge in [0.25, 0.3) is 0 Å². The minimum atomic E-state index is 0.406. The Morgan fingerprint density at radius 2 is 1.57 bits per heavy atom. The maximum Gasteiger partial charge on any atom is 0.230 e. The molecule has 1 aromatic heterocycles. The van der Waals surface area contributed by atoms with Crippen molar-refractivity contribution in [2.24, 2.45) is 0 Å². The summed E-state index contributed by atoms with van der Waals surface area (Å²) in [5.41, 5.74) is 0.706. The average molecular weight is 291 g/mol. The number of methoxy groups -OCH3 is 4. The minimum Gasteiger partial charge on any atom is -0.493 e. The maximum absolute atomic E-state index is 5.29. The molecule has 0 bridgehead atoms. The van der Waals surface area contributed by atoms with Gasteiger partial charge in [-0.3, -0.25) is 0 Å².